The molecule has 0 saturated heterocycles. The maximum atomic E-state index is 4.83. The Morgan fingerprint density at radius 1 is 1.48 bits per heavy atom. The van der Waals surface area contributed by atoms with Gasteiger partial charge in [0.15, 0.2) is 5.13 Å². The molecule has 0 amide bonds. The number of aryl methyl sites for hydroxylation is 1. The number of aromatic nitrogens is 1. The molecule has 0 bridgehead atoms. The van der Waals surface area contributed by atoms with E-state index in [0.29, 0.717) is 0 Å². The summed E-state index contributed by atoms with van der Waals surface area (Å²) in [7, 11) is 2.13. The molecule has 0 aromatic carbocycles. The molecular formula is C15H20BrN3S2. The normalized spacial score (nSPS) is 14.6. The Bertz CT molecular complexity index is 604. The number of halogens is 1. The lowest BCUT2D eigenvalue weighted by Gasteiger charge is -2.14. The van der Waals surface area contributed by atoms with Gasteiger partial charge < -0.3 is 10.2 Å². The highest BCUT2D eigenvalue weighted by atomic mass is 79.9. The van der Waals surface area contributed by atoms with Crippen LogP contribution in [-0.2, 0) is 19.5 Å². The van der Waals surface area contributed by atoms with Crippen LogP contribution in [0.25, 0.3) is 0 Å². The number of rotatable bonds is 7. The van der Waals surface area contributed by atoms with Gasteiger partial charge in [-0.05, 0) is 41.3 Å². The molecule has 2 aromatic rings. The van der Waals surface area contributed by atoms with Crippen LogP contribution in [0.1, 0.15) is 35.2 Å². The number of thiophene rings is 1. The van der Waals surface area contributed by atoms with Crippen LogP contribution in [0.15, 0.2) is 15.9 Å². The van der Waals surface area contributed by atoms with Crippen LogP contribution in [0.4, 0.5) is 5.13 Å². The van der Waals surface area contributed by atoms with Gasteiger partial charge in [0.2, 0.25) is 0 Å². The van der Waals surface area contributed by atoms with Crippen molar-refractivity contribution in [1.82, 2.24) is 10.3 Å². The molecule has 1 fully saturated rings. The van der Waals surface area contributed by atoms with E-state index in [9.17, 15) is 0 Å². The standard InChI is InChI=1S/C15H20BrN3S2/c1-3-13-14(7-17-11-4-5-11)21-15(18-13)19(2)8-12-6-10(16)9-20-12/h6,9,11,17H,3-5,7-8H2,1-2H3. The van der Waals surface area contributed by atoms with Crippen molar-refractivity contribution in [2.45, 2.75) is 45.3 Å². The van der Waals surface area contributed by atoms with Gasteiger partial charge in [-0.15, -0.1) is 22.7 Å². The van der Waals surface area contributed by atoms with Crippen molar-refractivity contribution >= 4 is 43.7 Å². The first-order chi connectivity index (χ1) is 10.2. The number of anilines is 1. The van der Waals surface area contributed by atoms with Gasteiger partial charge in [-0.25, -0.2) is 4.98 Å². The molecule has 0 atom stereocenters. The third-order valence-corrected chi connectivity index (χ3v) is 6.47. The first-order valence-corrected chi connectivity index (χ1v) is 9.80. The van der Waals surface area contributed by atoms with E-state index in [1.54, 1.807) is 11.3 Å². The molecule has 1 aliphatic carbocycles. The largest absolute Gasteiger partial charge is 0.346 e. The van der Waals surface area contributed by atoms with E-state index in [1.807, 2.05) is 11.3 Å². The summed E-state index contributed by atoms with van der Waals surface area (Å²) in [5.41, 5.74) is 1.25. The lowest BCUT2D eigenvalue weighted by Crippen LogP contribution is -2.15. The smallest absolute Gasteiger partial charge is 0.185 e. The van der Waals surface area contributed by atoms with Crippen LogP contribution in [-0.4, -0.2) is 18.1 Å². The lowest BCUT2D eigenvalue weighted by molar-refractivity contribution is 0.689. The van der Waals surface area contributed by atoms with E-state index in [0.717, 1.165) is 30.7 Å². The predicted molar refractivity (Wildman–Crippen MR) is 95.5 cm³/mol. The van der Waals surface area contributed by atoms with Crippen LogP contribution < -0.4 is 10.2 Å². The highest BCUT2D eigenvalue weighted by molar-refractivity contribution is 9.10. The summed E-state index contributed by atoms with van der Waals surface area (Å²) >= 11 is 7.14. The van der Waals surface area contributed by atoms with Crippen LogP contribution in [0.3, 0.4) is 0 Å². The minimum absolute atomic E-state index is 0.751. The van der Waals surface area contributed by atoms with Crippen molar-refractivity contribution in [1.29, 1.82) is 0 Å². The molecule has 3 rings (SSSR count). The Morgan fingerprint density at radius 2 is 2.29 bits per heavy atom. The van der Waals surface area contributed by atoms with Gasteiger partial charge in [-0.1, -0.05) is 6.92 Å². The average Bonchev–Trinajstić information content (AvgIpc) is 3.06. The van der Waals surface area contributed by atoms with Gasteiger partial charge in [0.05, 0.1) is 12.2 Å². The summed E-state index contributed by atoms with van der Waals surface area (Å²) in [5.74, 6) is 0. The molecule has 0 aliphatic heterocycles. The second kappa shape index (κ2) is 6.77. The zero-order valence-corrected chi connectivity index (χ0v) is 15.6. The van der Waals surface area contributed by atoms with Crippen molar-refractivity contribution in [3.8, 4) is 0 Å². The van der Waals surface area contributed by atoms with Crippen LogP contribution in [0, 0.1) is 0 Å². The molecule has 0 spiro atoms. The predicted octanol–water partition coefficient (Wildman–Crippen LogP) is 4.42. The molecular weight excluding hydrogens is 366 g/mol. The zero-order valence-electron chi connectivity index (χ0n) is 12.4. The summed E-state index contributed by atoms with van der Waals surface area (Å²) < 4.78 is 1.17. The van der Waals surface area contributed by atoms with Crippen LogP contribution in [0.2, 0.25) is 0 Å². The third kappa shape index (κ3) is 4.06. The Kier molecular flexibility index (Phi) is 4.99. The van der Waals surface area contributed by atoms with Gasteiger partial charge in [0, 0.05) is 39.2 Å². The molecule has 114 valence electrons. The fourth-order valence-corrected chi connectivity index (χ4v) is 4.77. The zero-order chi connectivity index (χ0) is 14.8. The van der Waals surface area contributed by atoms with Crippen LogP contribution in [0.5, 0.6) is 0 Å². The molecule has 21 heavy (non-hydrogen) atoms. The molecule has 2 heterocycles. The molecule has 1 N–H and O–H groups in total. The topological polar surface area (TPSA) is 28.2 Å². The molecule has 1 saturated carbocycles. The summed E-state index contributed by atoms with van der Waals surface area (Å²) in [6, 6.07) is 2.94. The maximum Gasteiger partial charge on any atom is 0.185 e. The fraction of sp³-hybridized carbons (Fsp3) is 0.533. The number of hydrogen-bond acceptors (Lipinski definition) is 5. The monoisotopic (exact) mass is 385 g/mol. The molecule has 2 aromatic heterocycles. The van der Waals surface area contributed by atoms with Crippen molar-refractivity contribution < 1.29 is 0 Å². The van der Waals surface area contributed by atoms with E-state index in [-0.39, 0.29) is 0 Å². The number of nitrogens with zero attached hydrogens (tertiary/aromatic N) is 2. The minimum Gasteiger partial charge on any atom is -0.346 e. The summed E-state index contributed by atoms with van der Waals surface area (Å²) in [6.07, 6.45) is 3.68. The highest BCUT2D eigenvalue weighted by Gasteiger charge is 2.21. The quantitative estimate of drug-likeness (QED) is 0.764. The lowest BCUT2D eigenvalue weighted by atomic mass is 10.3. The van der Waals surface area contributed by atoms with E-state index < -0.39 is 0 Å². The Labute approximate surface area is 142 Å². The Balaban J connectivity index is 1.68. The van der Waals surface area contributed by atoms with Crippen molar-refractivity contribution in [3.63, 3.8) is 0 Å². The Morgan fingerprint density at radius 3 is 2.90 bits per heavy atom. The number of hydrogen-bond donors (Lipinski definition) is 1. The van der Waals surface area contributed by atoms with Gasteiger partial charge in [0.25, 0.3) is 0 Å². The van der Waals surface area contributed by atoms with Crippen molar-refractivity contribution in [3.05, 3.63) is 31.4 Å². The SMILES string of the molecule is CCc1nc(N(C)Cc2cc(Br)cs2)sc1CNC1CC1. The number of nitrogens with one attached hydrogen (secondary N) is 1. The molecule has 0 unspecified atom stereocenters. The van der Waals surface area contributed by atoms with Gasteiger partial charge in [-0.2, -0.15) is 0 Å². The second-order valence-corrected chi connectivity index (χ2v) is 8.44. The van der Waals surface area contributed by atoms with E-state index in [1.165, 1.54) is 32.8 Å². The van der Waals surface area contributed by atoms with Gasteiger partial charge >= 0.3 is 0 Å². The molecule has 1 aliphatic rings. The first-order valence-electron chi connectivity index (χ1n) is 7.31. The van der Waals surface area contributed by atoms with E-state index in [4.69, 9.17) is 4.98 Å². The summed E-state index contributed by atoms with van der Waals surface area (Å²) in [4.78, 5) is 9.84. The summed E-state index contributed by atoms with van der Waals surface area (Å²) in [6.45, 7) is 4.09. The Hall–Kier alpha value is -0.430. The summed E-state index contributed by atoms with van der Waals surface area (Å²) in [5, 5.41) is 6.86. The molecule has 3 nitrogen and oxygen atoms in total. The van der Waals surface area contributed by atoms with Crippen LogP contribution >= 0.6 is 38.6 Å². The highest BCUT2D eigenvalue weighted by Crippen LogP contribution is 2.29. The molecule has 0 radical (unpaired) electrons. The van der Waals surface area contributed by atoms with Crippen molar-refractivity contribution in [2.24, 2.45) is 0 Å². The van der Waals surface area contributed by atoms with Gasteiger partial charge in [-0.3, -0.25) is 0 Å². The third-order valence-electron chi connectivity index (χ3n) is 3.57. The van der Waals surface area contributed by atoms with Crippen molar-refractivity contribution in [2.75, 3.05) is 11.9 Å². The van der Waals surface area contributed by atoms with Gasteiger partial charge in [0.1, 0.15) is 0 Å². The maximum absolute atomic E-state index is 4.83. The minimum atomic E-state index is 0.751. The van der Waals surface area contributed by atoms with E-state index in [2.05, 4.69) is 51.6 Å². The number of thiazole rings is 1. The average molecular weight is 386 g/mol. The second-order valence-electron chi connectivity index (χ2n) is 5.46. The first kappa shape index (κ1) is 15.5. The molecule has 6 heteroatoms. The van der Waals surface area contributed by atoms with E-state index >= 15 is 0 Å². The fourth-order valence-electron chi connectivity index (χ4n) is 2.21.